The molecule has 10 heteroatoms. The number of quaternary nitrogens is 1. The number of nitrogens with zero attached hydrogens (tertiary/aromatic N) is 2. The summed E-state index contributed by atoms with van der Waals surface area (Å²) in [6.07, 6.45) is 1.46. The van der Waals surface area contributed by atoms with Crippen LogP contribution in [0.2, 0.25) is 0 Å². The van der Waals surface area contributed by atoms with Crippen molar-refractivity contribution in [1.82, 2.24) is 4.90 Å². The summed E-state index contributed by atoms with van der Waals surface area (Å²) >= 11 is 0. The number of carbonyl (C=O) groups is 2. The number of carbonyl (C=O) groups excluding carboxylic acids is 2. The van der Waals surface area contributed by atoms with Gasteiger partial charge in [0.25, 0.3) is 17.5 Å². The van der Waals surface area contributed by atoms with E-state index < -0.39 is 11.0 Å². The van der Waals surface area contributed by atoms with Gasteiger partial charge in [0.2, 0.25) is 0 Å². The van der Waals surface area contributed by atoms with E-state index in [1.54, 1.807) is 30.0 Å². The van der Waals surface area contributed by atoms with E-state index in [2.05, 4.69) is 5.32 Å². The second kappa shape index (κ2) is 8.74. The summed E-state index contributed by atoms with van der Waals surface area (Å²) in [7, 11) is 1.42. The monoisotopic (exact) mass is 403 g/mol. The number of benzene rings is 1. The lowest BCUT2D eigenvalue weighted by Gasteiger charge is -2.34. The molecule has 0 unspecified atom stereocenters. The van der Waals surface area contributed by atoms with Crippen molar-refractivity contribution >= 4 is 23.2 Å². The van der Waals surface area contributed by atoms with Gasteiger partial charge in [0.1, 0.15) is 11.4 Å². The van der Waals surface area contributed by atoms with Crippen LogP contribution in [0.5, 0.6) is 5.75 Å². The van der Waals surface area contributed by atoms with Crippen LogP contribution in [0, 0.1) is 10.1 Å². The van der Waals surface area contributed by atoms with Crippen molar-refractivity contribution < 1.29 is 28.6 Å². The number of rotatable bonds is 6. The minimum absolute atomic E-state index is 0.124. The molecule has 1 aromatic carbocycles. The molecule has 154 valence electrons. The molecular formula is C19H23N4O6+. The maximum absolute atomic E-state index is 12.7. The van der Waals surface area contributed by atoms with E-state index in [4.69, 9.17) is 9.15 Å². The topological polar surface area (TPSA) is 119 Å². The van der Waals surface area contributed by atoms with Crippen molar-refractivity contribution in [3.05, 3.63) is 52.5 Å². The van der Waals surface area contributed by atoms with Crippen LogP contribution < -0.4 is 15.0 Å². The third kappa shape index (κ3) is 4.54. The number of amides is 2. The number of hydrogen-bond donors (Lipinski definition) is 2. The number of methoxy groups -OCH3 is 1. The van der Waals surface area contributed by atoms with E-state index in [9.17, 15) is 19.7 Å². The van der Waals surface area contributed by atoms with Crippen LogP contribution in [0.15, 0.2) is 41.0 Å². The van der Waals surface area contributed by atoms with Gasteiger partial charge in [0.05, 0.1) is 50.5 Å². The molecule has 2 N–H and O–H groups in total. The van der Waals surface area contributed by atoms with Crippen LogP contribution in [0.25, 0.3) is 0 Å². The molecule has 1 aliphatic heterocycles. The zero-order valence-corrected chi connectivity index (χ0v) is 16.2. The molecule has 0 radical (unpaired) electrons. The molecule has 2 amide bonds. The fraction of sp³-hybridized carbons (Fsp3) is 0.368. The smallest absolute Gasteiger partial charge is 0.296 e. The summed E-state index contributed by atoms with van der Waals surface area (Å²) < 4.78 is 10.2. The highest BCUT2D eigenvalue weighted by molar-refractivity contribution is 5.96. The molecule has 29 heavy (non-hydrogen) atoms. The fourth-order valence-corrected chi connectivity index (χ4v) is 3.31. The van der Waals surface area contributed by atoms with Crippen LogP contribution in [0.1, 0.15) is 17.5 Å². The van der Waals surface area contributed by atoms with E-state index in [1.165, 1.54) is 25.5 Å². The average molecular weight is 403 g/mol. The Kier molecular flexibility index (Phi) is 6.13. The molecule has 0 saturated carbocycles. The third-order valence-electron chi connectivity index (χ3n) is 5.09. The Bertz CT molecular complexity index is 890. The maximum Gasteiger partial charge on any atom is 0.296 e. The van der Waals surface area contributed by atoms with Gasteiger partial charge < -0.3 is 24.3 Å². The molecule has 3 rings (SSSR count). The molecule has 2 aromatic rings. The molecule has 0 bridgehead atoms. The van der Waals surface area contributed by atoms with Gasteiger partial charge in [-0.2, -0.15) is 0 Å². The zero-order chi connectivity index (χ0) is 21.0. The number of nitro benzene ring substituents is 1. The molecule has 1 atom stereocenters. The first kappa shape index (κ1) is 20.3. The second-order valence-corrected chi connectivity index (χ2v) is 6.78. The minimum atomic E-state index is -0.561. The Balaban J connectivity index is 1.60. The standard InChI is InChI=1S/C19H22N4O6/c1-13(18(24)20-15-6-5-14(28-2)12-16(15)23(26)27)21-7-9-22(10-8-21)19(25)17-4-3-11-29-17/h3-6,11-13H,7-10H2,1-2H3,(H,20,24)/p+1/t13-/m1/s1. The van der Waals surface area contributed by atoms with Crippen molar-refractivity contribution in [3.8, 4) is 5.75 Å². The van der Waals surface area contributed by atoms with Gasteiger partial charge in [-0.05, 0) is 31.2 Å². The number of furan rings is 1. The highest BCUT2D eigenvalue weighted by atomic mass is 16.6. The van der Waals surface area contributed by atoms with E-state index in [0.29, 0.717) is 37.7 Å². The fourth-order valence-electron chi connectivity index (χ4n) is 3.31. The Morgan fingerprint density at radius 3 is 2.62 bits per heavy atom. The summed E-state index contributed by atoms with van der Waals surface area (Å²) in [4.78, 5) is 38.4. The SMILES string of the molecule is COc1ccc(NC(=O)[C@@H](C)[NH+]2CCN(C(=O)c3ccco3)CC2)c([N+](=O)[O-])c1. The molecule has 1 fully saturated rings. The Labute approximate surface area is 167 Å². The van der Waals surface area contributed by atoms with Crippen LogP contribution in [-0.4, -0.2) is 61.0 Å². The van der Waals surface area contributed by atoms with Gasteiger partial charge >= 0.3 is 0 Å². The highest BCUT2D eigenvalue weighted by Crippen LogP contribution is 2.28. The summed E-state index contributed by atoms with van der Waals surface area (Å²) in [6, 6.07) is 7.14. The van der Waals surface area contributed by atoms with E-state index in [1.807, 2.05) is 0 Å². The molecular weight excluding hydrogens is 380 g/mol. The summed E-state index contributed by atoms with van der Waals surface area (Å²) in [5.41, 5.74) is -0.104. The summed E-state index contributed by atoms with van der Waals surface area (Å²) in [5.74, 6) is 0.149. The van der Waals surface area contributed by atoms with Crippen LogP contribution in [-0.2, 0) is 4.79 Å². The molecule has 0 spiro atoms. The number of piperazine rings is 1. The first-order valence-electron chi connectivity index (χ1n) is 9.21. The summed E-state index contributed by atoms with van der Waals surface area (Å²) in [6.45, 7) is 3.94. The van der Waals surface area contributed by atoms with Gasteiger partial charge in [0, 0.05) is 0 Å². The van der Waals surface area contributed by atoms with Gasteiger partial charge in [-0.15, -0.1) is 0 Å². The van der Waals surface area contributed by atoms with Crippen molar-refractivity contribution in [3.63, 3.8) is 0 Å². The number of anilines is 1. The van der Waals surface area contributed by atoms with E-state index >= 15 is 0 Å². The quantitative estimate of drug-likeness (QED) is 0.537. The third-order valence-corrected chi connectivity index (χ3v) is 5.09. The lowest BCUT2D eigenvalue weighted by Crippen LogP contribution is -3.19. The van der Waals surface area contributed by atoms with Crippen LogP contribution in [0.3, 0.4) is 0 Å². The van der Waals surface area contributed by atoms with Gasteiger partial charge in [-0.3, -0.25) is 19.7 Å². The molecule has 10 nitrogen and oxygen atoms in total. The highest BCUT2D eigenvalue weighted by Gasteiger charge is 2.32. The Morgan fingerprint density at radius 2 is 2.03 bits per heavy atom. The van der Waals surface area contributed by atoms with Gasteiger partial charge in [-0.25, -0.2) is 0 Å². The second-order valence-electron chi connectivity index (χ2n) is 6.78. The number of ether oxygens (including phenoxy) is 1. The van der Waals surface area contributed by atoms with Crippen molar-refractivity contribution in [2.75, 3.05) is 38.6 Å². The molecule has 0 aliphatic carbocycles. The lowest BCUT2D eigenvalue weighted by molar-refractivity contribution is -0.917. The number of hydrogen-bond acceptors (Lipinski definition) is 6. The predicted molar refractivity (Wildman–Crippen MR) is 103 cm³/mol. The van der Waals surface area contributed by atoms with Gasteiger partial charge in [0.15, 0.2) is 11.8 Å². The van der Waals surface area contributed by atoms with E-state index in [0.717, 1.165) is 4.90 Å². The number of nitrogens with one attached hydrogen (secondary N) is 2. The predicted octanol–water partition coefficient (Wildman–Crippen LogP) is 0.564. The largest absolute Gasteiger partial charge is 0.496 e. The van der Waals surface area contributed by atoms with Crippen LogP contribution in [0.4, 0.5) is 11.4 Å². The van der Waals surface area contributed by atoms with Crippen LogP contribution >= 0.6 is 0 Å². The number of nitro groups is 1. The maximum atomic E-state index is 12.7. The molecule has 1 aromatic heterocycles. The minimum Gasteiger partial charge on any atom is -0.496 e. The van der Waals surface area contributed by atoms with Crippen molar-refractivity contribution in [2.45, 2.75) is 13.0 Å². The zero-order valence-electron chi connectivity index (χ0n) is 16.2. The molecule has 1 saturated heterocycles. The average Bonchev–Trinajstić information content (AvgIpc) is 3.27. The van der Waals surface area contributed by atoms with Crippen molar-refractivity contribution in [2.24, 2.45) is 0 Å². The van der Waals surface area contributed by atoms with Gasteiger partial charge in [-0.1, -0.05) is 0 Å². The molecule has 2 heterocycles. The Hall–Kier alpha value is -3.40. The lowest BCUT2D eigenvalue weighted by atomic mass is 10.2. The first-order chi connectivity index (χ1) is 13.9. The van der Waals surface area contributed by atoms with E-state index in [-0.39, 0.29) is 23.2 Å². The van der Waals surface area contributed by atoms with Crippen molar-refractivity contribution in [1.29, 1.82) is 0 Å². The first-order valence-corrected chi connectivity index (χ1v) is 9.21. The Morgan fingerprint density at radius 1 is 1.31 bits per heavy atom. The normalized spacial score (nSPS) is 15.6. The summed E-state index contributed by atoms with van der Waals surface area (Å²) in [5, 5.41) is 13.9. The molecule has 1 aliphatic rings.